The number of aryl methyl sites for hydroxylation is 1. The summed E-state index contributed by atoms with van der Waals surface area (Å²) < 4.78 is 50.2. The van der Waals surface area contributed by atoms with E-state index in [1.54, 1.807) is 25.3 Å². The van der Waals surface area contributed by atoms with Crippen molar-refractivity contribution in [1.29, 1.82) is 0 Å². The van der Waals surface area contributed by atoms with Crippen molar-refractivity contribution in [3.8, 4) is 11.5 Å². The van der Waals surface area contributed by atoms with Gasteiger partial charge in [0.05, 0.1) is 30.6 Å². The monoisotopic (exact) mass is 436 g/mol. The number of nitrogens with zero attached hydrogens (tertiary/aromatic N) is 2. The van der Waals surface area contributed by atoms with Gasteiger partial charge in [-0.1, -0.05) is 11.6 Å². The van der Waals surface area contributed by atoms with Gasteiger partial charge in [0.15, 0.2) is 10.8 Å². The van der Waals surface area contributed by atoms with E-state index in [2.05, 4.69) is 15.7 Å². The van der Waals surface area contributed by atoms with Gasteiger partial charge in [-0.3, -0.25) is 4.68 Å². The third-order valence-electron chi connectivity index (χ3n) is 3.89. The van der Waals surface area contributed by atoms with Crippen LogP contribution in [0.4, 0.5) is 18.9 Å². The second-order valence-corrected chi connectivity index (χ2v) is 6.56. The van der Waals surface area contributed by atoms with Gasteiger partial charge < -0.3 is 20.1 Å². The molecule has 0 saturated carbocycles. The van der Waals surface area contributed by atoms with E-state index in [4.69, 9.17) is 33.3 Å². The highest BCUT2D eigenvalue weighted by Crippen LogP contribution is 2.35. The third kappa shape index (κ3) is 5.41. The van der Waals surface area contributed by atoms with Crippen molar-refractivity contribution in [3.63, 3.8) is 0 Å². The normalized spacial score (nSPS) is 11.2. The Kier molecular flexibility index (Phi) is 7.36. The number of hydrogen-bond donors (Lipinski definition) is 2. The molecule has 154 valence electrons. The van der Waals surface area contributed by atoms with Gasteiger partial charge in [0.1, 0.15) is 11.5 Å². The first-order valence-electron chi connectivity index (χ1n) is 8.24. The molecule has 0 bridgehead atoms. The van der Waals surface area contributed by atoms with Crippen LogP contribution in [0.25, 0.3) is 0 Å². The number of halogens is 4. The van der Waals surface area contributed by atoms with Crippen molar-refractivity contribution >= 4 is 34.6 Å². The molecule has 0 radical (unpaired) electrons. The van der Waals surface area contributed by atoms with Crippen molar-refractivity contribution in [3.05, 3.63) is 34.6 Å². The first-order chi connectivity index (χ1) is 13.2. The molecule has 6 nitrogen and oxygen atoms in total. The van der Waals surface area contributed by atoms with Crippen LogP contribution in [0.5, 0.6) is 11.5 Å². The Morgan fingerprint density at radius 3 is 2.57 bits per heavy atom. The van der Waals surface area contributed by atoms with Crippen molar-refractivity contribution in [2.75, 3.05) is 26.1 Å². The van der Waals surface area contributed by atoms with Crippen molar-refractivity contribution in [2.45, 2.75) is 26.1 Å². The summed E-state index contributed by atoms with van der Waals surface area (Å²) in [6, 6.07) is 5.24. The number of thiocarbonyl (C=S) groups is 1. The van der Waals surface area contributed by atoms with Gasteiger partial charge in [0.2, 0.25) is 0 Å². The smallest absolute Gasteiger partial charge is 0.436 e. The Labute approximate surface area is 171 Å². The number of anilines is 1. The quantitative estimate of drug-likeness (QED) is 0.499. The van der Waals surface area contributed by atoms with E-state index in [9.17, 15) is 13.2 Å². The molecule has 0 aliphatic carbocycles. The molecule has 1 aromatic carbocycles. The van der Waals surface area contributed by atoms with Crippen LogP contribution in [0.3, 0.4) is 0 Å². The fourth-order valence-electron chi connectivity index (χ4n) is 2.42. The lowest BCUT2D eigenvalue weighted by Gasteiger charge is -2.14. The van der Waals surface area contributed by atoms with E-state index in [1.807, 2.05) is 0 Å². The van der Waals surface area contributed by atoms with E-state index in [0.717, 1.165) is 0 Å². The zero-order valence-electron chi connectivity index (χ0n) is 15.5. The Hall–Kier alpha value is -2.20. The molecular weight excluding hydrogens is 417 g/mol. The van der Waals surface area contributed by atoms with Crippen LogP contribution in [0, 0.1) is 6.92 Å². The number of nitrogens with one attached hydrogen (secondary N) is 2. The van der Waals surface area contributed by atoms with Crippen molar-refractivity contribution in [2.24, 2.45) is 0 Å². The standard InChI is InChI=1S/C17H20ClF3N4O2S/c1-10-14(18)15(17(19,20)21)24-25(10)8-4-7-22-16(28)23-12-6-5-11(26-2)9-13(12)27-3/h5-6,9H,4,7-8H2,1-3H3,(H2,22,23,28). The summed E-state index contributed by atoms with van der Waals surface area (Å²) in [5.74, 6) is 1.21. The molecule has 28 heavy (non-hydrogen) atoms. The minimum atomic E-state index is -4.58. The van der Waals surface area contributed by atoms with Crippen molar-refractivity contribution < 1.29 is 22.6 Å². The van der Waals surface area contributed by atoms with Crippen LogP contribution in [0.2, 0.25) is 5.02 Å². The maximum atomic E-state index is 12.8. The highest BCUT2D eigenvalue weighted by molar-refractivity contribution is 7.80. The third-order valence-corrected chi connectivity index (χ3v) is 4.59. The first kappa shape index (κ1) is 22.1. The molecule has 0 spiro atoms. The molecule has 0 atom stereocenters. The molecule has 0 aliphatic rings. The molecule has 2 N–H and O–H groups in total. The van der Waals surface area contributed by atoms with Gasteiger partial charge in [-0.05, 0) is 37.7 Å². The number of alkyl halides is 3. The largest absolute Gasteiger partial charge is 0.497 e. The summed E-state index contributed by atoms with van der Waals surface area (Å²) in [7, 11) is 3.09. The molecule has 1 heterocycles. The lowest BCUT2D eigenvalue weighted by molar-refractivity contribution is -0.141. The van der Waals surface area contributed by atoms with Crippen LogP contribution in [0.1, 0.15) is 17.8 Å². The van der Waals surface area contributed by atoms with E-state index >= 15 is 0 Å². The zero-order valence-corrected chi connectivity index (χ0v) is 17.1. The van der Waals surface area contributed by atoms with E-state index in [-0.39, 0.29) is 17.3 Å². The Morgan fingerprint density at radius 2 is 2.00 bits per heavy atom. The average molecular weight is 437 g/mol. The summed E-state index contributed by atoms with van der Waals surface area (Å²) in [6.45, 7) is 2.20. The second-order valence-electron chi connectivity index (χ2n) is 5.77. The molecule has 0 aliphatic heterocycles. The lowest BCUT2D eigenvalue weighted by atomic mass is 10.2. The second kappa shape index (κ2) is 9.33. The van der Waals surface area contributed by atoms with Crippen LogP contribution >= 0.6 is 23.8 Å². The molecule has 0 unspecified atom stereocenters. The summed E-state index contributed by atoms with van der Waals surface area (Å²) >= 11 is 11.0. The summed E-state index contributed by atoms with van der Waals surface area (Å²) in [4.78, 5) is 0. The van der Waals surface area contributed by atoms with Gasteiger partial charge in [-0.25, -0.2) is 0 Å². The van der Waals surface area contributed by atoms with E-state index < -0.39 is 11.9 Å². The highest BCUT2D eigenvalue weighted by atomic mass is 35.5. The fraction of sp³-hybridized carbons (Fsp3) is 0.412. The number of aromatic nitrogens is 2. The number of rotatable bonds is 7. The number of benzene rings is 1. The van der Waals surface area contributed by atoms with Gasteiger partial charge >= 0.3 is 6.18 Å². The van der Waals surface area contributed by atoms with Crippen LogP contribution in [-0.4, -0.2) is 35.7 Å². The summed E-state index contributed by atoms with van der Waals surface area (Å²) in [5.41, 5.74) is -0.133. The highest BCUT2D eigenvalue weighted by Gasteiger charge is 2.38. The number of ether oxygens (including phenoxy) is 2. The SMILES string of the molecule is COc1ccc(NC(=S)NCCCn2nc(C(F)(F)F)c(Cl)c2C)c(OC)c1. The molecule has 11 heteroatoms. The predicted octanol–water partition coefficient (Wildman–Crippen LogP) is 4.26. The minimum Gasteiger partial charge on any atom is -0.497 e. The topological polar surface area (TPSA) is 60.3 Å². The van der Waals surface area contributed by atoms with E-state index in [1.165, 1.54) is 18.7 Å². The van der Waals surface area contributed by atoms with Gasteiger partial charge in [0.25, 0.3) is 0 Å². The van der Waals surface area contributed by atoms with Gasteiger partial charge in [0, 0.05) is 19.2 Å². The zero-order chi connectivity index (χ0) is 20.9. The molecule has 1 aromatic heterocycles. The predicted molar refractivity (Wildman–Crippen MR) is 105 cm³/mol. The Morgan fingerprint density at radius 1 is 1.29 bits per heavy atom. The maximum Gasteiger partial charge on any atom is 0.436 e. The van der Waals surface area contributed by atoms with Gasteiger partial charge in [-0.15, -0.1) is 0 Å². The van der Waals surface area contributed by atoms with Crippen LogP contribution in [-0.2, 0) is 12.7 Å². The van der Waals surface area contributed by atoms with Crippen LogP contribution < -0.4 is 20.1 Å². The number of hydrogen-bond acceptors (Lipinski definition) is 4. The number of methoxy groups -OCH3 is 2. The summed E-state index contributed by atoms with van der Waals surface area (Å²) in [6.07, 6.45) is -4.08. The lowest BCUT2D eigenvalue weighted by Crippen LogP contribution is -2.30. The molecule has 0 fully saturated rings. The molecule has 0 saturated heterocycles. The van der Waals surface area contributed by atoms with Crippen molar-refractivity contribution in [1.82, 2.24) is 15.1 Å². The Balaban J connectivity index is 1.87. The van der Waals surface area contributed by atoms with Gasteiger partial charge in [-0.2, -0.15) is 18.3 Å². The minimum absolute atomic E-state index is 0.267. The molecular formula is C17H20ClF3N4O2S. The molecule has 2 aromatic rings. The van der Waals surface area contributed by atoms with Crippen LogP contribution in [0.15, 0.2) is 18.2 Å². The molecule has 2 rings (SSSR count). The average Bonchev–Trinajstić information content (AvgIpc) is 2.94. The Bertz CT molecular complexity index is 843. The first-order valence-corrected chi connectivity index (χ1v) is 9.03. The fourth-order valence-corrected chi connectivity index (χ4v) is 2.88. The summed E-state index contributed by atoms with van der Waals surface area (Å²) in [5, 5.41) is 9.54. The maximum absolute atomic E-state index is 12.8. The molecule has 0 amide bonds. The van der Waals surface area contributed by atoms with E-state index in [0.29, 0.717) is 35.3 Å².